The Morgan fingerprint density at radius 1 is 1.16 bits per heavy atom. The summed E-state index contributed by atoms with van der Waals surface area (Å²) >= 11 is 6.20. The highest BCUT2D eigenvalue weighted by Crippen LogP contribution is 2.34. The van der Waals surface area contributed by atoms with E-state index in [0.29, 0.717) is 22.4 Å². The van der Waals surface area contributed by atoms with E-state index in [9.17, 15) is 13.5 Å². The van der Waals surface area contributed by atoms with E-state index < -0.39 is 22.0 Å². The van der Waals surface area contributed by atoms with Gasteiger partial charge in [0.15, 0.2) is 21.4 Å². The van der Waals surface area contributed by atoms with Crippen LogP contribution in [0.15, 0.2) is 53.2 Å². The average Bonchev–Trinajstić information content (AvgIpc) is 3.25. The number of halogens is 1. The van der Waals surface area contributed by atoms with Gasteiger partial charge >= 0.3 is 0 Å². The number of aliphatic hydroxyl groups is 1. The minimum atomic E-state index is -3.26. The zero-order chi connectivity index (χ0) is 17.6. The molecule has 8 heteroatoms. The van der Waals surface area contributed by atoms with E-state index in [1.165, 1.54) is 0 Å². The number of furan rings is 1. The van der Waals surface area contributed by atoms with E-state index in [-0.39, 0.29) is 11.5 Å². The summed E-state index contributed by atoms with van der Waals surface area (Å²) in [4.78, 5) is 4.27. The van der Waals surface area contributed by atoms with Crippen molar-refractivity contribution >= 4 is 21.4 Å². The summed E-state index contributed by atoms with van der Waals surface area (Å²) in [5.41, 5.74) is 0.761. The van der Waals surface area contributed by atoms with Gasteiger partial charge in [-0.1, -0.05) is 23.7 Å². The van der Waals surface area contributed by atoms with Crippen LogP contribution in [0.1, 0.15) is 6.04 Å². The fraction of sp³-hybridized carbons (Fsp3) is 0.235. The lowest BCUT2D eigenvalue weighted by Gasteiger charge is -2.16. The Kier molecular flexibility index (Phi) is 3.94. The van der Waals surface area contributed by atoms with Crippen molar-refractivity contribution in [3.8, 4) is 22.9 Å². The predicted molar refractivity (Wildman–Crippen MR) is 94.1 cm³/mol. The van der Waals surface area contributed by atoms with Crippen molar-refractivity contribution in [1.29, 1.82) is 0 Å². The third-order valence-corrected chi connectivity index (χ3v) is 6.31. The van der Waals surface area contributed by atoms with E-state index in [0.717, 1.165) is 5.56 Å². The molecule has 0 radical (unpaired) electrons. The summed E-state index contributed by atoms with van der Waals surface area (Å²) in [5.74, 6) is 1.19. The Morgan fingerprint density at radius 3 is 2.64 bits per heavy atom. The number of rotatable bonds is 3. The lowest BCUT2D eigenvalue weighted by molar-refractivity contribution is 0.153. The maximum absolute atomic E-state index is 11.8. The summed E-state index contributed by atoms with van der Waals surface area (Å²) in [5, 5.41) is 10.7. The van der Waals surface area contributed by atoms with Crippen molar-refractivity contribution < 1.29 is 17.9 Å². The molecule has 2 atom stereocenters. The summed E-state index contributed by atoms with van der Waals surface area (Å²) in [6, 6.07) is 10.3. The molecule has 4 rings (SSSR count). The molecular formula is C17H15ClN2O4S. The molecule has 1 aliphatic rings. The van der Waals surface area contributed by atoms with Gasteiger partial charge < -0.3 is 14.1 Å². The molecule has 0 amide bonds. The van der Waals surface area contributed by atoms with E-state index >= 15 is 0 Å². The fourth-order valence-corrected chi connectivity index (χ4v) is 5.12. The lowest BCUT2D eigenvalue weighted by atomic mass is 10.2. The van der Waals surface area contributed by atoms with E-state index in [1.807, 2.05) is 18.2 Å². The van der Waals surface area contributed by atoms with Crippen molar-refractivity contribution in [2.75, 3.05) is 11.5 Å². The van der Waals surface area contributed by atoms with Gasteiger partial charge in [0.1, 0.15) is 5.76 Å². The lowest BCUT2D eigenvalue weighted by Crippen LogP contribution is -2.22. The first-order valence-corrected chi connectivity index (χ1v) is 9.91. The largest absolute Gasteiger partial charge is 0.453 e. The van der Waals surface area contributed by atoms with Crippen LogP contribution in [0.3, 0.4) is 0 Å². The number of hydrogen-bond donors (Lipinski definition) is 1. The molecule has 3 aromatic rings. The van der Waals surface area contributed by atoms with Crippen molar-refractivity contribution in [2.45, 2.75) is 12.1 Å². The molecule has 1 aliphatic heterocycles. The van der Waals surface area contributed by atoms with E-state index in [2.05, 4.69) is 4.98 Å². The summed E-state index contributed by atoms with van der Waals surface area (Å²) in [6.45, 7) is 0. The molecular weight excluding hydrogens is 364 g/mol. The number of imidazole rings is 1. The van der Waals surface area contributed by atoms with Crippen LogP contribution in [-0.2, 0) is 9.84 Å². The van der Waals surface area contributed by atoms with Gasteiger partial charge in [0.2, 0.25) is 0 Å². The second-order valence-electron chi connectivity index (χ2n) is 6.01. The van der Waals surface area contributed by atoms with E-state index in [4.69, 9.17) is 16.0 Å². The van der Waals surface area contributed by atoms with Crippen LogP contribution in [0.5, 0.6) is 0 Å². The molecule has 130 valence electrons. The molecule has 1 saturated heterocycles. The maximum Gasteiger partial charge on any atom is 0.176 e. The van der Waals surface area contributed by atoms with Crippen LogP contribution >= 0.6 is 11.6 Å². The Bertz CT molecular complexity index is 1020. The van der Waals surface area contributed by atoms with Gasteiger partial charge in [-0.25, -0.2) is 13.4 Å². The molecule has 1 N–H and O–H groups in total. The van der Waals surface area contributed by atoms with Crippen LogP contribution in [0.2, 0.25) is 5.02 Å². The molecule has 3 heterocycles. The normalized spacial score (nSPS) is 22.3. The first-order chi connectivity index (χ1) is 11.9. The Morgan fingerprint density at radius 2 is 1.92 bits per heavy atom. The monoisotopic (exact) mass is 378 g/mol. The number of sulfone groups is 1. The summed E-state index contributed by atoms with van der Waals surface area (Å²) in [6.07, 6.45) is 2.25. The first-order valence-electron chi connectivity index (χ1n) is 7.71. The van der Waals surface area contributed by atoms with Gasteiger partial charge in [0.05, 0.1) is 28.7 Å². The maximum atomic E-state index is 11.8. The van der Waals surface area contributed by atoms with Gasteiger partial charge in [-0.3, -0.25) is 0 Å². The van der Waals surface area contributed by atoms with Crippen LogP contribution < -0.4 is 0 Å². The third kappa shape index (κ3) is 2.99. The van der Waals surface area contributed by atoms with Crippen molar-refractivity contribution in [1.82, 2.24) is 9.55 Å². The number of hydrogen-bond acceptors (Lipinski definition) is 5. The molecule has 2 aromatic heterocycles. The standard InChI is InChI=1S/C17H15ClN2O4S/c18-12-4-2-1-3-11(12)15-5-6-16(24-15)17-19-7-8-20(17)13-9-25(22,23)10-14(13)21/h1-8,13-14,21H,9-10H2/t13-,14-/m1/s1. The van der Waals surface area contributed by atoms with Crippen LogP contribution in [-0.4, -0.2) is 40.7 Å². The summed E-state index contributed by atoms with van der Waals surface area (Å²) in [7, 11) is -3.26. The van der Waals surface area contributed by atoms with E-state index in [1.54, 1.807) is 35.2 Å². The smallest absolute Gasteiger partial charge is 0.176 e. The summed E-state index contributed by atoms with van der Waals surface area (Å²) < 4.78 is 31.1. The molecule has 0 bridgehead atoms. The number of aliphatic hydroxyl groups excluding tert-OH is 1. The SMILES string of the molecule is O=S1(=O)C[C@@H](O)[C@H](n2ccnc2-c2ccc(-c3ccccc3Cl)o2)C1. The van der Waals surface area contributed by atoms with Crippen molar-refractivity contribution in [3.05, 3.63) is 53.8 Å². The van der Waals surface area contributed by atoms with Gasteiger partial charge in [-0.2, -0.15) is 0 Å². The molecule has 6 nitrogen and oxygen atoms in total. The van der Waals surface area contributed by atoms with Gasteiger partial charge in [0.25, 0.3) is 0 Å². The topological polar surface area (TPSA) is 85.3 Å². The highest BCUT2D eigenvalue weighted by atomic mass is 35.5. The minimum absolute atomic E-state index is 0.115. The number of benzene rings is 1. The molecule has 1 aromatic carbocycles. The Hall–Kier alpha value is -2.09. The molecule has 1 fully saturated rings. The first kappa shape index (κ1) is 16.4. The minimum Gasteiger partial charge on any atom is -0.453 e. The van der Waals surface area contributed by atoms with Crippen LogP contribution in [0.4, 0.5) is 0 Å². The second-order valence-corrected chi connectivity index (χ2v) is 8.57. The highest BCUT2D eigenvalue weighted by molar-refractivity contribution is 7.91. The Labute approximate surface area is 149 Å². The van der Waals surface area contributed by atoms with Crippen LogP contribution in [0, 0.1) is 0 Å². The molecule has 0 unspecified atom stereocenters. The van der Waals surface area contributed by atoms with Gasteiger partial charge in [-0.05, 0) is 24.3 Å². The quantitative estimate of drug-likeness (QED) is 0.757. The average molecular weight is 379 g/mol. The predicted octanol–water partition coefficient (Wildman–Crippen LogP) is 2.79. The third-order valence-electron chi connectivity index (χ3n) is 4.29. The van der Waals surface area contributed by atoms with Gasteiger partial charge in [0, 0.05) is 18.0 Å². The Balaban J connectivity index is 1.71. The highest BCUT2D eigenvalue weighted by Gasteiger charge is 2.38. The number of aromatic nitrogens is 2. The number of nitrogens with zero attached hydrogens (tertiary/aromatic N) is 2. The zero-order valence-corrected chi connectivity index (χ0v) is 14.6. The van der Waals surface area contributed by atoms with Crippen LogP contribution in [0.25, 0.3) is 22.9 Å². The molecule has 25 heavy (non-hydrogen) atoms. The molecule has 0 saturated carbocycles. The molecule has 0 aliphatic carbocycles. The van der Waals surface area contributed by atoms with Crippen molar-refractivity contribution in [2.24, 2.45) is 0 Å². The zero-order valence-electron chi connectivity index (χ0n) is 13.0. The fourth-order valence-electron chi connectivity index (χ4n) is 3.11. The van der Waals surface area contributed by atoms with Crippen molar-refractivity contribution in [3.63, 3.8) is 0 Å². The van der Waals surface area contributed by atoms with Gasteiger partial charge in [-0.15, -0.1) is 0 Å². The molecule has 0 spiro atoms. The second kappa shape index (κ2) is 6.01.